The number of nitrogens with one attached hydrogen (secondary N) is 4. The molecule has 4 N–H and O–H groups in total. The number of alkyl halides is 3. The average molecular weight is 434 g/mol. The van der Waals surface area contributed by atoms with E-state index in [1.807, 2.05) is 12.1 Å². The third kappa shape index (κ3) is 4.39. The second kappa shape index (κ2) is 7.82. The highest BCUT2D eigenvalue weighted by molar-refractivity contribution is 6.02. The van der Waals surface area contributed by atoms with E-state index in [1.165, 1.54) is 0 Å². The Hall–Kier alpha value is -3.76. The summed E-state index contributed by atoms with van der Waals surface area (Å²) in [6.45, 7) is -0.405. The number of para-hydroxylation sites is 1. The molecule has 0 aromatic heterocycles. The molecule has 1 unspecified atom stereocenters. The molecule has 0 spiro atoms. The van der Waals surface area contributed by atoms with Crippen molar-refractivity contribution in [3.05, 3.63) is 47.5 Å². The van der Waals surface area contributed by atoms with Crippen LogP contribution in [0.25, 0.3) is 0 Å². The minimum absolute atomic E-state index is 0.0968. The Balaban J connectivity index is 1.53. The first-order valence-electron chi connectivity index (χ1n) is 9.35. The van der Waals surface area contributed by atoms with Crippen LogP contribution in [0.2, 0.25) is 0 Å². The number of carbonyl (C=O) groups excluding carboxylic acids is 3. The molecule has 0 radical (unpaired) electrons. The largest absolute Gasteiger partial charge is 0.479 e. The van der Waals surface area contributed by atoms with Crippen LogP contribution in [0, 0.1) is 0 Å². The Kier molecular flexibility index (Phi) is 5.17. The highest BCUT2D eigenvalue weighted by Crippen LogP contribution is 2.42. The van der Waals surface area contributed by atoms with Crippen molar-refractivity contribution >= 4 is 34.9 Å². The van der Waals surface area contributed by atoms with E-state index in [1.54, 1.807) is 12.1 Å². The zero-order valence-electron chi connectivity index (χ0n) is 15.9. The van der Waals surface area contributed by atoms with Crippen molar-refractivity contribution in [2.45, 2.75) is 25.1 Å². The number of fused-ring (bicyclic) bond motifs is 2. The molecule has 0 fully saturated rings. The molecule has 11 heteroatoms. The number of carbonyl (C=O) groups is 3. The van der Waals surface area contributed by atoms with Crippen LogP contribution in [0.5, 0.6) is 5.75 Å². The van der Waals surface area contributed by atoms with Gasteiger partial charge in [0.1, 0.15) is 6.04 Å². The Morgan fingerprint density at radius 3 is 2.65 bits per heavy atom. The van der Waals surface area contributed by atoms with Crippen molar-refractivity contribution in [1.29, 1.82) is 0 Å². The van der Waals surface area contributed by atoms with Crippen LogP contribution >= 0.6 is 0 Å². The van der Waals surface area contributed by atoms with E-state index in [9.17, 15) is 27.6 Å². The van der Waals surface area contributed by atoms with E-state index in [-0.39, 0.29) is 17.1 Å². The van der Waals surface area contributed by atoms with E-state index in [2.05, 4.69) is 21.3 Å². The second-order valence-corrected chi connectivity index (χ2v) is 7.07. The molecule has 2 aliphatic rings. The van der Waals surface area contributed by atoms with Gasteiger partial charge >= 0.3 is 12.2 Å². The lowest BCUT2D eigenvalue weighted by Crippen LogP contribution is -2.45. The molecule has 2 aromatic rings. The number of halogens is 3. The summed E-state index contributed by atoms with van der Waals surface area (Å²) in [7, 11) is 0. The zero-order chi connectivity index (χ0) is 22.2. The summed E-state index contributed by atoms with van der Waals surface area (Å²) in [4.78, 5) is 36.4. The van der Waals surface area contributed by atoms with Crippen molar-refractivity contribution < 1.29 is 32.3 Å². The summed E-state index contributed by atoms with van der Waals surface area (Å²) < 4.78 is 44.9. The highest BCUT2D eigenvalue weighted by Gasteiger charge is 2.34. The third-order valence-corrected chi connectivity index (χ3v) is 4.89. The average Bonchev–Trinajstić information content (AvgIpc) is 2.85. The molecule has 31 heavy (non-hydrogen) atoms. The number of ether oxygens (including phenoxy) is 1. The first kappa shape index (κ1) is 20.5. The lowest BCUT2D eigenvalue weighted by molar-refractivity contribution is -0.137. The van der Waals surface area contributed by atoms with Gasteiger partial charge in [0.15, 0.2) is 12.4 Å². The van der Waals surface area contributed by atoms with Crippen LogP contribution in [-0.2, 0) is 22.2 Å². The van der Waals surface area contributed by atoms with Crippen LogP contribution in [0.1, 0.15) is 17.5 Å². The predicted molar refractivity (Wildman–Crippen MR) is 105 cm³/mol. The van der Waals surface area contributed by atoms with Gasteiger partial charge < -0.3 is 26.0 Å². The lowest BCUT2D eigenvalue weighted by Gasteiger charge is -2.23. The van der Waals surface area contributed by atoms with Gasteiger partial charge in [-0.2, -0.15) is 13.2 Å². The second-order valence-electron chi connectivity index (χ2n) is 7.07. The Morgan fingerprint density at radius 2 is 1.87 bits per heavy atom. The molecule has 4 amide bonds. The molecule has 8 nitrogen and oxygen atoms in total. The number of rotatable bonds is 2. The van der Waals surface area contributed by atoms with Gasteiger partial charge in [0.25, 0.3) is 5.91 Å². The molecule has 0 saturated carbocycles. The van der Waals surface area contributed by atoms with Gasteiger partial charge in [0, 0.05) is 5.69 Å². The fourth-order valence-electron chi connectivity index (χ4n) is 3.42. The fraction of sp³-hybridized carbons (Fsp3) is 0.250. The number of urea groups is 1. The number of hydrogen-bond acceptors (Lipinski definition) is 4. The molecule has 2 heterocycles. The summed E-state index contributed by atoms with van der Waals surface area (Å²) >= 11 is 0. The summed E-state index contributed by atoms with van der Waals surface area (Å²) in [5.74, 6) is -1.15. The van der Waals surface area contributed by atoms with Gasteiger partial charge in [-0.3, -0.25) is 9.59 Å². The molecule has 162 valence electrons. The molecule has 0 saturated heterocycles. The molecule has 0 bridgehead atoms. The van der Waals surface area contributed by atoms with E-state index in [4.69, 9.17) is 4.74 Å². The minimum atomic E-state index is -4.71. The smallest absolute Gasteiger partial charge is 0.416 e. The molecule has 2 aromatic carbocycles. The minimum Gasteiger partial charge on any atom is -0.479 e. The number of aryl methyl sites for hydroxylation is 1. The highest BCUT2D eigenvalue weighted by atomic mass is 19.4. The maximum Gasteiger partial charge on any atom is 0.416 e. The van der Waals surface area contributed by atoms with Crippen LogP contribution < -0.4 is 26.0 Å². The van der Waals surface area contributed by atoms with Crippen molar-refractivity contribution in [1.82, 2.24) is 5.32 Å². The van der Waals surface area contributed by atoms with Crippen molar-refractivity contribution in [3.63, 3.8) is 0 Å². The quantitative estimate of drug-likeness (QED) is 0.583. The molecular weight excluding hydrogens is 417 g/mol. The van der Waals surface area contributed by atoms with E-state index in [0.29, 0.717) is 24.6 Å². The lowest BCUT2D eigenvalue weighted by atomic mass is 10.1. The summed E-state index contributed by atoms with van der Waals surface area (Å²) in [5.41, 5.74) is 0.00336. The van der Waals surface area contributed by atoms with Gasteiger partial charge in [0.2, 0.25) is 5.91 Å². The van der Waals surface area contributed by atoms with Crippen molar-refractivity contribution in [2.75, 3.05) is 22.6 Å². The van der Waals surface area contributed by atoms with E-state index in [0.717, 1.165) is 11.6 Å². The first-order valence-corrected chi connectivity index (χ1v) is 9.35. The summed E-state index contributed by atoms with van der Waals surface area (Å²) in [6, 6.07) is 6.87. The standard InChI is InChI=1S/C20H17F3N4O4/c21-20(22,23)11-7-14-17(31-9-16(28)24-14)15(8-11)27-19(30)26-13-6-5-10-3-1-2-4-12(10)25-18(13)29/h1-4,7-8,13H,5-6,9H2,(H,24,28)(H,25,29)(H2,26,27,30). The molecule has 2 aliphatic heterocycles. The third-order valence-electron chi connectivity index (χ3n) is 4.89. The molecule has 4 rings (SSSR count). The maximum absolute atomic E-state index is 13.2. The van der Waals surface area contributed by atoms with Crippen LogP contribution in [0.3, 0.4) is 0 Å². The van der Waals surface area contributed by atoms with Crippen molar-refractivity contribution in [3.8, 4) is 5.75 Å². The van der Waals surface area contributed by atoms with E-state index >= 15 is 0 Å². The summed E-state index contributed by atoms with van der Waals surface area (Å²) in [5, 5.41) is 9.80. The van der Waals surface area contributed by atoms with E-state index < -0.39 is 42.2 Å². The van der Waals surface area contributed by atoms with Gasteiger partial charge in [0.05, 0.1) is 16.9 Å². The topological polar surface area (TPSA) is 109 Å². The van der Waals surface area contributed by atoms with Gasteiger partial charge in [-0.1, -0.05) is 18.2 Å². The van der Waals surface area contributed by atoms with Gasteiger partial charge in [-0.05, 0) is 36.6 Å². The number of anilines is 3. The Bertz CT molecular complexity index is 1070. The fourth-order valence-corrected chi connectivity index (χ4v) is 3.42. The molecule has 0 aliphatic carbocycles. The SMILES string of the molecule is O=C1COc2c(cc(C(F)(F)F)cc2NC(=O)NC2CCc3ccccc3NC2=O)N1. The monoisotopic (exact) mass is 434 g/mol. The number of amides is 4. The van der Waals surface area contributed by atoms with Crippen LogP contribution in [0.15, 0.2) is 36.4 Å². The first-order chi connectivity index (χ1) is 14.7. The molecular formula is C20H17F3N4O4. The Morgan fingerprint density at radius 1 is 1.10 bits per heavy atom. The zero-order valence-corrected chi connectivity index (χ0v) is 15.9. The van der Waals surface area contributed by atoms with Crippen LogP contribution in [0.4, 0.5) is 35.0 Å². The van der Waals surface area contributed by atoms with Crippen LogP contribution in [-0.4, -0.2) is 30.5 Å². The van der Waals surface area contributed by atoms with Gasteiger partial charge in [-0.15, -0.1) is 0 Å². The Labute approximate surface area is 174 Å². The summed E-state index contributed by atoms with van der Waals surface area (Å²) in [6.07, 6.45) is -3.88. The number of benzene rings is 2. The maximum atomic E-state index is 13.2. The normalized spacial score (nSPS) is 17.8. The van der Waals surface area contributed by atoms with Crippen molar-refractivity contribution in [2.24, 2.45) is 0 Å². The predicted octanol–water partition coefficient (Wildman–Crippen LogP) is 3.11. The van der Waals surface area contributed by atoms with Gasteiger partial charge in [-0.25, -0.2) is 4.79 Å². The number of hydrogen-bond donors (Lipinski definition) is 4. The molecule has 1 atom stereocenters.